The molecule has 1 fully saturated rings. The topological polar surface area (TPSA) is 84.4 Å². The van der Waals surface area contributed by atoms with E-state index in [1.54, 1.807) is 12.0 Å². The highest BCUT2D eigenvalue weighted by Crippen LogP contribution is 2.34. The third-order valence-electron chi connectivity index (χ3n) is 4.24. The van der Waals surface area contributed by atoms with Gasteiger partial charge in [0.25, 0.3) is 0 Å². The molecule has 1 N–H and O–H groups in total. The number of rotatable bonds is 5. The largest absolute Gasteiger partial charge is 0.497 e. The lowest BCUT2D eigenvalue weighted by Crippen LogP contribution is -2.24. The predicted molar refractivity (Wildman–Crippen MR) is 105 cm³/mol. The van der Waals surface area contributed by atoms with E-state index in [0.717, 1.165) is 16.4 Å². The first-order valence-corrected chi connectivity index (χ1v) is 9.64. The van der Waals surface area contributed by atoms with Crippen molar-refractivity contribution in [1.29, 1.82) is 0 Å². The quantitative estimate of drug-likeness (QED) is 0.848. The van der Waals surface area contributed by atoms with Gasteiger partial charge in [0.2, 0.25) is 16.9 Å². The predicted octanol–water partition coefficient (Wildman–Crippen LogP) is 3.44. The average Bonchev–Trinajstić information content (AvgIpc) is 3.20. The molecule has 1 unspecified atom stereocenters. The van der Waals surface area contributed by atoms with Crippen molar-refractivity contribution in [3.63, 3.8) is 0 Å². The molecule has 1 aliphatic rings. The van der Waals surface area contributed by atoms with Crippen molar-refractivity contribution in [1.82, 2.24) is 10.2 Å². The van der Waals surface area contributed by atoms with Gasteiger partial charge in [-0.15, -0.1) is 10.2 Å². The molecule has 2 heterocycles. The van der Waals surface area contributed by atoms with Crippen LogP contribution in [-0.4, -0.2) is 35.7 Å². The summed E-state index contributed by atoms with van der Waals surface area (Å²) in [5, 5.41) is 12.3. The fourth-order valence-electron chi connectivity index (χ4n) is 2.98. The molecule has 1 atom stereocenters. The zero-order chi connectivity index (χ0) is 19.6. The molecule has 27 heavy (non-hydrogen) atoms. The Bertz CT molecular complexity index is 826. The molecular weight excluding hydrogens is 364 g/mol. The second-order valence-electron chi connectivity index (χ2n) is 7.83. The van der Waals surface area contributed by atoms with Crippen molar-refractivity contribution in [2.75, 3.05) is 23.9 Å². The molecular formula is C19H24N4O3S. The Kier molecular flexibility index (Phi) is 5.46. The number of aromatic nitrogens is 2. The molecule has 2 amide bonds. The van der Waals surface area contributed by atoms with Gasteiger partial charge in [-0.3, -0.25) is 9.59 Å². The molecule has 1 saturated heterocycles. The Morgan fingerprint density at radius 3 is 2.63 bits per heavy atom. The van der Waals surface area contributed by atoms with Crippen LogP contribution in [-0.2, 0) is 9.59 Å². The van der Waals surface area contributed by atoms with Crippen molar-refractivity contribution in [3.05, 3.63) is 29.3 Å². The summed E-state index contributed by atoms with van der Waals surface area (Å²) >= 11 is 1.34. The molecule has 0 bridgehead atoms. The Morgan fingerprint density at radius 1 is 1.30 bits per heavy atom. The fraction of sp³-hybridized carbons (Fsp3) is 0.474. The maximum absolute atomic E-state index is 12.4. The van der Waals surface area contributed by atoms with Crippen LogP contribution in [0, 0.1) is 5.41 Å². The summed E-state index contributed by atoms with van der Waals surface area (Å²) in [4.78, 5) is 26.2. The van der Waals surface area contributed by atoms with E-state index in [1.807, 2.05) is 45.0 Å². The van der Waals surface area contributed by atoms with Gasteiger partial charge in [-0.1, -0.05) is 32.1 Å². The number of anilines is 2. The van der Waals surface area contributed by atoms with Gasteiger partial charge >= 0.3 is 0 Å². The number of carbonyl (C=O) groups excluding carboxylic acids is 2. The number of carbonyl (C=O) groups is 2. The Hall–Kier alpha value is -2.48. The van der Waals surface area contributed by atoms with Crippen molar-refractivity contribution in [2.45, 2.75) is 39.5 Å². The zero-order valence-corrected chi connectivity index (χ0v) is 16.8. The molecule has 0 aliphatic carbocycles. The van der Waals surface area contributed by atoms with E-state index in [1.165, 1.54) is 11.3 Å². The monoisotopic (exact) mass is 388 g/mol. The van der Waals surface area contributed by atoms with E-state index in [2.05, 4.69) is 15.5 Å². The van der Waals surface area contributed by atoms with Crippen molar-refractivity contribution >= 4 is 34.0 Å². The number of methoxy groups -OCH3 is 1. The summed E-state index contributed by atoms with van der Waals surface area (Å²) in [6, 6.07) is 7.42. The third kappa shape index (κ3) is 4.82. The summed E-state index contributed by atoms with van der Waals surface area (Å²) in [7, 11) is 1.61. The summed E-state index contributed by atoms with van der Waals surface area (Å²) in [5.41, 5.74) is 0.750. The summed E-state index contributed by atoms with van der Waals surface area (Å²) < 4.78 is 5.16. The van der Waals surface area contributed by atoms with Gasteiger partial charge in [0, 0.05) is 31.0 Å². The lowest BCUT2D eigenvalue weighted by atomic mass is 9.92. The van der Waals surface area contributed by atoms with Crippen LogP contribution in [0.2, 0.25) is 0 Å². The number of amides is 2. The highest BCUT2D eigenvalue weighted by Gasteiger charge is 2.34. The van der Waals surface area contributed by atoms with Gasteiger partial charge in [0.1, 0.15) is 10.8 Å². The maximum Gasteiger partial charge on any atom is 0.227 e. The van der Waals surface area contributed by atoms with Gasteiger partial charge in [0.15, 0.2) is 0 Å². The van der Waals surface area contributed by atoms with E-state index in [-0.39, 0.29) is 23.1 Å². The number of benzene rings is 1. The molecule has 0 radical (unpaired) electrons. The minimum Gasteiger partial charge on any atom is -0.497 e. The molecule has 1 aromatic carbocycles. The molecule has 144 valence electrons. The first kappa shape index (κ1) is 19.3. The van der Waals surface area contributed by atoms with Gasteiger partial charge in [-0.05, 0) is 29.7 Å². The van der Waals surface area contributed by atoms with E-state index < -0.39 is 0 Å². The molecule has 0 saturated carbocycles. The van der Waals surface area contributed by atoms with Crippen LogP contribution in [0.3, 0.4) is 0 Å². The standard InChI is InChI=1S/C19H24N4O3S/c1-19(2,3)10-15(24)20-18-22-21-17(27-18)12-9-16(25)23(11-12)13-5-7-14(26-4)8-6-13/h5-8,12H,9-11H2,1-4H3,(H,20,22,24). The van der Waals surface area contributed by atoms with E-state index >= 15 is 0 Å². The molecule has 2 aromatic rings. The van der Waals surface area contributed by atoms with Gasteiger partial charge < -0.3 is 15.0 Å². The second kappa shape index (κ2) is 7.64. The van der Waals surface area contributed by atoms with Crippen LogP contribution in [0.15, 0.2) is 24.3 Å². The Balaban J connectivity index is 1.65. The molecule has 3 rings (SSSR count). The molecule has 1 aromatic heterocycles. The minimum atomic E-state index is -0.0889. The van der Waals surface area contributed by atoms with E-state index in [9.17, 15) is 9.59 Å². The van der Waals surface area contributed by atoms with Crippen LogP contribution in [0.5, 0.6) is 5.75 Å². The lowest BCUT2D eigenvalue weighted by molar-refractivity contribution is -0.118. The van der Waals surface area contributed by atoms with Gasteiger partial charge in [0.05, 0.1) is 7.11 Å². The zero-order valence-electron chi connectivity index (χ0n) is 16.0. The summed E-state index contributed by atoms with van der Waals surface area (Å²) in [6.07, 6.45) is 0.797. The van der Waals surface area contributed by atoms with Crippen LogP contribution >= 0.6 is 11.3 Å². The molecule has 0 spiro atoms. The number of hydrogen-bond acceptors (Lipinski definition) is 6. The number of nitrogens with zero attached hydrogens (tertiary/aromatic N) is 3. The Morgan fingerprint density at radius 2 is 2.00 bits per heavy atom. The first-order valence-electron chi connectivity index (χ1n) is 8.83. The normalized spacial score (nSPS) is 17.3. The smallest absolute Gasteiger partial charge is 0.227 e. The summed E-state index contributed by atoms with van der Waals surface area (Å²) in [5.74, 6) is 0.707. The number of ether oxygens (including phenoxy) is 1. The molecule has 7 nitrogen and oxygen atoms in total. The minimum absolute atomic E-state index is 0.0228. The van der Waals surface area contributed by atoms with Gasteiger partial charge in [-0.25, -0.2) is 0 Å². The van der Waals surface area contributed by atoms with E-state index in [4.69, 9.17) is 4.74 Å². The van der Waals surface area contributed by atoms with Crippen LogP contribution < -0.4 is 15.0 Å². The maximum atomic E-state index is 12.4. The van der Waals surface area contributed by atoms with Crippen LogP contribution in [0.1, 0.15) is 44.5 Å². The average molecular weight is 388 g/mol. The third-order valence-corrected chi connectivity index (χ3v) is 5.24. The molecule has 8 heteroatoms. The molecule has 1 aliphatic heterocycles. The first-order chi connectivity index (χ1) is 12.7. The summed E-state index contributed by atoms with van der Waals surface area (Å²) in [6.45, 7) is 6.58. The van der Waals surface area contributed by atoms with Crippen LogP contribution in [0.4, 0.5) is 10.8 Å². The highest BCUT2D eigenvalue weighted by molar-refractivity contribution is 7.15. The number of nitrogens with one attached hydrogen (secondary N) is 1. The highest BCUT2D eigenvalue weighted by atomic mass is 32.1. The lowest BCUT2D eigenvalue weighted by Gasteiger charge is -2.16. The SMILES string of the molecule is COc1ccc(N2CC(c3nnc(NC(=O)CC(C)(C)C)s3)CC2=O)cc1. The number of hydrogen-bond donors (Lipinski definition) is 1. The van der Waals surface area contributed by atoms with Gasteiger partial charge in [-0.2, -0.15) is 0 Å². The van der Waals surface area contributed by atoms with Crippen molar-refractivity contribution in [3.8, 4) is 5.75 Å². The van der Waals surface area contributed by atoms with Crippen LogP contribution in [0.25, 0.3) is 0 Å². The Labute approximate surface area is 162 Å². The fourth-order valence-corrected chi connectivity index (χ4v) is 3.83. The second-order valence-corrected chi connectivity index (χ2v) is 8.84. The van der Waals surface area contributed by atoms with Crippen molar-refractivity contribution < 1.29 is 14.3 Å². The van der Waals surface area contributed by atoms with E-state index in [0.29, 0.717) is 24.5 Å². The van der Waals surface area contributed by atoms with Crippen molar-refractivity contribution in [2.24, 2.45) is 5.41 Å².